The van der Waals surface area contributed by atoms with Gasteiger partial charge in [-0.1, -0.05) is 13.8 Å². The van der Waals surface area contributed by atoms with E-state index >= 15 is 0 Å². The Kier molecular flexibility index (Phi) is 3.30. The average molecular weight is 291 g/mol. The number of fused-ring (bicyclic) bond motifs is 2. The predicted octanol–water partition coefficient (Wildman–Crippen LogP) is 2.77. The number of ketones is 1. The number of hydrogen-bond acceptors (Lipinski definition) is 5. The fourth-order valence-electron chi connectivity index (χ4n) is 2.96. The van der Waals surface area contributed by atoms with Gasteiger partial charge in [0.15, 0.2) is 11.6 Å². The van der Waals surface area contributed by atoms with Crippen LogP contribution in [0.1, 0.15) is 38.4 Å². The second-order valence-electron chi connectivity index (χ2n) is 5.86. The molecule has 112 valence electrons. The van der Waals surface area contributed by atoms with Gasteiger partial charge in [0.05, 0.1) is 4.92 Å². The number of Topliss-reactive ketones (excluding diaryl/α,β-unsaturated/α-hetero) is 1. The number of non-ortho nitro benzene ring substituents is 1. The minimum atomic E-state index is -0.717. The predicted molar refractivity (Wildman–Crippen MR) is 73.6 cm³/mol. The summed E-state index contributed by atoms with van der Waals surface area (Å²) in [6.07, 6.45) is -0.0821. The lowest BCUT2D eigenvalue weighted by atomic mass is 9.92. The Labute approximate surface area is 122 Å². The molecule has 21 heavy (non-hydrogen) atoms. The van der Waals surface area contributed by atoms with Crippen molar-refractivity contribution in [1.82, 2.24) is 0 Å². The Hall–Kier alpha value is -1.79. The molecule has 0 aliphatic carbocycles. The standard InChI is InChI=1S/C15H17NO5/c1-9(2)15-8-7-12(17)14(21-15)13(20-15)10-3-5-11(6-4-10)16(18)19/h3-6,9,13-14H,7-8H2,1-2H3/t13-,14+,15+/m0/s1. The highest BCUT2D eigenvalue weighted by Crippen LogP contribution is 2.48. The van der Waals surface area contributed by atoms with Crippen LogP contribution >= 0.6 is 0 Å². The molecule has 0 amide bonds. The third-order valence-electron chi connectivity index (χ3n) is 4.28. The van der Waals surface area contributed by atoms with Crippen molar-refractivity contribution in [1.29, 1.82) is 0 Å². The van der Waals surface area contributed by atoms with E-state index in [-0.39, 0.29) is 17.4 Å². The lowest BCUT2D eigenvalue weighted by Gasteiger charge is -2.34. The zero-order valence-corrected chi connectivity index (χ0v) is 11.9. The van der Waals surface area contributed by atoms with Gasteiger partial charge >= 0.3 is 0 Å². The minimum absolute atomic E-state index is 0.0190. The van der Waals surface area contributed by atoms with Gasteiger partial charge in [-0.15, -0.1) is 0 Å². The molecule has 2 aliphatic heterocycles. The number of nitro groups is 1. The first-order valence-electron chi connectivity index (χ1n) is 7.06. The highest BCUT2D eigenvalue weighted by Gasteiger charge is 2.55. The van der Waals surface area contributed by atoms with Crippen LogP contribution in [-0.4, -0.2) is 22.6 Å². The first-order chi connectivity index (χ1) is 9.93. The van der Waals surface area contributed by atoms with Crippen LogP contribution in [0.25, 0.3) is 0 Å². The Bertz CT molecular complexity index is 582. The quantitative estimate of drug-likeness (QED) is 0.632. The molecule has 0 aromatic heterocycles. The monoisotopic (exact) mass is 291 g/mol. The van der Waals surface area contributed by atoms with Crippen molar-refractivity contribution in [2.75, 3.05) is 0 Å². The molecule has 2 bridgehead atoms. The molecule has 0 unspecified atom stereocenters. The summed E-state index contributed by atoms with van der Waals surface area (Å²) in [6, 6.07) is 6.11. The Morgan fingerprint density at radius 3 is 2.43 bits per heavy atom. The molecule has 2 saturated heterocycles. The highest BCUT2D eigenvalue weighted by molar-refractivity contribution is 5.85. The fraction of sp³-hybridized carbons (Fsp3) is 0.533. The molecule has 0 saturated carbocycles. The summed E-state index contributed by atoms with van der Waals surface area (Å²) < 4.78 is 12.0. The molecule has 0 spiro atoms. The fourth-order valence-corrected chi connectivity index (χ4v) is 2.96. The normalized spacial score (nSPS) is 31.7. The van der Waals surface area contributed by atoms with Gasteiger partial charge < -0.3 is 9.47 Å². The molecule has 2 aliphatic rings. The second kappa shape index (κ2) is 4.89. The van der Waals surface area contributed by atoms with E-state index in [0.717, 1.165) is 5.56 Å². The lowest BCUT2D eigenvalue weighted by Crippen LogP contribution is -2.42. The number of ether oxygens (including phenoxy) is 2. The number of carbonyl (C=O) groups is 1. The van der Waals surface area contributed by atoms with Crippen LogP contribution in [0.4, 0.5) is 5.69 Å². The number of nitro benzene ring substituents is 1. The summed E-state index contributed by atoms with van der Waals surface area (Å²) >= 11 is 0. The Morgan fingerprint density at radius 2 is 1.86 bits per heavy atom. The van der Waals surface area contributed by atoms with Gasteiger partial charge in [-0.05, 0) is 17.7 Å². The van der Waals surface area contributed by atoms with E-state index in [2.05, 4.69) is 0 Å². The van der Waals surface area contributed by atoms with E-state index in [1.165, 1.54) is 12.1 Å². The van der Waals surface area contributed by atoms with Crippen molar-refractivity contribution < 1.29 is 19.2 Å². The van der Waals surface area contributed by atoms with Crippen molar-refractivity contribution in [3.05, 3.63) is 39.9 Å². The summed E-state index contributed by atoms with van der Waals surface area (Å²) in [7, 11) is 0. The van der Waals surface area contributed by atoms with Crippen LogP contribution in [0, 0.1) is 16.0 Å². The smallest absolute Gasteiger partial charge is 0.269 e. The first-order valence-corrected chi connectivity index (χ1v) is 7.06. The molecule has 2 heterocycles. The molecule has 0 N–H and O–H groups in total. The summed E-state index contributed by atoms with van der Waals surface area (Å²) in [5.41, 5.74) is 0.758. The Balaban J connectivity index is 1.91. The van der Waals surface area contributed by atoms with Crippen LogP contribution in [0.15, 0.2) is 24.3 Å². The molecular formula is C15H17NO5. The molecule has 3 rings (SSSR count). The second-order valence-corrected chi connectivity index (χ2v) is 5.86. The van der Waals surface area contributed by atoms with E-state index < -0.39 is 22.9 Å². The van der Waals surface area contributed by atoms with E-state index in [0.29, 0.717) is 12.8 Å². The van der Waals surface area contributed by atoms with Crippen LogP contribution < -0.4 is 0 Å². The highest BCUT2D eigenvalue weighted by atomic mass is 16.8. The van der Waals surface area contributed by atoms with E-state index in [1.807, 2.05) is 13.8 Å². The molecule has 0 radical (unpaired) electrons. The number of benzene rings is 1. The Morgan fingerprint density at radius 1 is 1.24 bits per heavy atom. The summed E-state index contributed by atoms with van der Waals surface area (Å²) in [5.74, 6) is -0.548. The number of rotatable bonds is 3. The lowest BCUT2D eigenvalue weighted by molar-refractivity contribution is -0.384. The molecule has 6 heteroatoms. The molecule has 2 fully saturated rings. The van der Waals surface area contributed by atoms with Gasteiger partial charge in [-0.25, -0.2) is 0 Å². The van der Waals surface area contributed by atoms with Gasteiger partial charge in [0, 0.05) is 30.9 Å². The van der Waals surface area contributed by atoms with Gasteiger partial charge in [-0.2, -0.15) is 0 Å². The van der Waals surface area contributed by atoms with Crippen molar-refractivity contribution >= 4 is 11.5 Å². The van der Waals surface area contributed by atoms with Gasteiger partial charge in [0.2, 0.25) is 0 Å². The zero-order chi connectivity index (χ0) is 15.2. The summed E-state index contributed by atoms with van der Waals surface area (Å²) in [4.78, 5) is 22.3. The number of nitrogens with zero attached hydrogens (tertiary/aromatic N) is 1. The zero-order valence-electron chi connectivity index (χ0n) is 11.9. The van der Waals surface area contributed by atoms with Crippen LogP contribution in [0.3, 0.4) is 0 Å². The van der Waals surface area contributed by atoms with Crippen molar-refractivity contribution in [3.63, 3.8) is 0 Å². The largest absolute Gasteiger partial charge is 0.338 e. The van der Waals surface area contributed by atoms with Crippen molar-refractivity contribution in [3.8, 4) is 0 Å². The van der Waals surface area contributed by atoms with Crippen molar-refractivity contribution in [2.45, 2.75) is 44.7 Å². The maximum atomic E-state index is 12.1. The summed E-state index contributed by atoms with van der Waals surface area (Å²) in [5, 5.41) is 10.7. The van der Waals surface area contributed by atoms with E-state index in [4.69, 9.17) is 9.47 Å². The third kappa shape index (κ3) is 2.24. The SMILES string of the molecule is CC(C)[C@@]12CCC(=O)[C@@H](O1)[C@H](c1ccc([N+](=O)[O-])cc1)O2. The van der Waals surface area contributed by atoms with Gasteiger partial charge in [0.1, 0.15) is 12.2 Å². The first kappa shape index (κ1) is 14.2. The van der Waals surface area contributed by atoms with E-state index in [9.17, 15) is 14.9 Å². The molecule has 1 aromatic carbocycles. The van der Waals surface area contributed by atoms with Crippen LogP contribution in [-0.2, 0) is 14.3 Å². The molecule has 3 atom stereocenters. The molecular weight excluding hydrogens is 274 g/mol. The number of hydrogen-bond donors (Lipinski definition) is 0. The van der Waals surface area contributed by atoms with Crippen molar-refractivity contribution in [2.24, 2.45) is 5.92 Å². The molecule has 6 nitrogen and oxygen atoms in total. The summed E-state index contributed by atoms with van der Waals surface area (Å²) in [6.45, 7) is 4.01. The van der Waals surface area contributed by atoms with E-state index in [1.54, 1.807) is 12.1 Å². The van der Waals surface area contributed by atoms with Gasteiger partial charge in [-0.3, -0.25) is 14.9 Å². The number of carbonyl (C=O) groups excluding carboxylic acids is 1. The van der Waals surface area contributed by atoms with Crippen LogP contribution in [0.5, 0.6) is 0 Å². The van der Waals surface area contributed by atoms with Crippen LogP contribution in [0.2, 0.25) is 0 Å². The third-order valence-corrected chi connectivity index (χ3v) is 4.28. The topological polar surface area (TPSA) is 78.7 Å². The minimum Gasteiger partial charge on any atom is -0.338 e. The molecule has 1 aromatic rings. The average Bonchev–Trinajstić information content (AvgIpc) is 2.80. The van der Waals surface area contributed by atoms with Gasteiger partial charge in [0.25, 0.3) is 5.69 Å². The maximum absolute atomic E-state index is 12.1. The maximum Gasteiger partial charge on any atom is 0.269 e.